The summed E-state index contributed by atoms with van der Waals surface area (Å²) in [5, 5.41) is 14.3. The highest BCUT2D eigenvalue weighted by molar-refractivity contribution is 5.45. The highest BCUT2D eigenvalue weighted by Gasteiger charge is 2.23. The Morgan fingerprint density at radius 1 is 1.40 bits per heavy atom. The number of nitrogens with zero attached hydrogens (tertiary/aromatic N) is 2. The van der Waals surface area contributed by atoms with Crippen LogP contribution in [0.5, 0.6) is 0 Å². The summed E-state index contributed by atoms with van der Waals surface area (Å²) in [4.78, 5) is 14.7. The molecule has 1 aromatic rings. The molecule has 0 amide bonds. The second-order valence-electron chi connectivity index (χ2n) is 5.62. The van der Waals surface area contributed by atoms with Crippen molar-refractivity contribution < 1.29 is 4.92 Å². The fourth-order valence-corrected chi connectivity index (χ4v) is 3.11. The Morgan fingerprint density at radius 3 is 2.65 bits per heavy atom. The van der Waals surface area contributed by atoms with Gasteiger partial charge in [-0.25, -0.2) is 4.98 Å². The SMILES string of the molecule is CCC(Nc1ccc([N+](=O)[O-])c(C)n1)C1CCCCC1. The lowest BCUT2D eigenvalue weighted by Gasteiger charge is -2.30. The maximum Gasteiger partial charge on any atom is 0.290 e. The number of hydrogen-bond acceptors (Lipinski definition) is 4. The molecule has 1 saturated carbocycles. The number of rotatable bonds is 5. The minimum Gasteiger partial charge on any atom is -0.367 e. The van der Waals surface area contributed by atoms with Crippen LogP contribution in [-0.2, 0) is 0 Å². The molecule has 110 valence electrons. The van der Waals surface area contributed by atoms with Gasteiger partial charge < -0.3 is 5.32 Å². The third-order valence-corrected chi connectivity index (χ3v) is 4.25. The molecule has 1 aliphatic carbocycles. The molecule has 1 N–H and O–H groups in total. The molecule has 5 heteroatoms. The lowest BCUT2D eigenvalue weighted by atomic mass is 9.83. The minimum atomic E-state index is -0.384. The van der Waals surface area contributed by atoms with Crippen LogP contribution in [0.15, 0.2) is 12.1 Å². The highest BCUT2D eigenvalue weighted by Crippen LogP contribution is 2.29. The van der Waals surface area contributed by atoms with Crippen molar-refractivity contribution in [2.24, 2.45) is 5.92 Å². The Hall–Kier alpha value is -1.65. The summed E-state index contributed by atoms with van der Waals surface area (Å²) < 4.78 is 0. The molecule has 1 aromatic heterocycles. The fraction of sp³-hybridized carbons (Fsp3) is 0.667. The lowest BCUT2D eigenvalue weighted by molar-refractivity contribution is -0.385. The van der Waals surface area contributed by atoms with Crippen LogP contribution in [-0.4, -0.2) is 15.9 Å². The van der Waals surface area contributed by atoms with Crippen molar-refractivity contribution >= 4 is 11.5 Å². The van der Waals surface area contributed by atoms with Gasteiger partial charge in [0.25, 0.3) is 5.69 Å². The third-order valence-electron chi connectivity index (χ3n) is 4.25. The first-order chi connectivity index (χ1) is 9.61. The monoisotopic (exact) mass is 277 g/mol. The van der Waals surface area contributed by atoms with Crippen molar-refractivity contribution in [3.8, 4) is 0 Å². The van der Waals surface area contributed by atoms with Crippen LogP contribution < -0.4 is 5.32 Å². The van der Waals surface area contributed by atoms with Crippen LogP contribution in [0.3, 0.4) is 0 Å². The molecule has 0 spiro atoms. The van der Waals surface area contributed by atoms with Gasteiger partial charge in [-0.05, 0) is 38.2 Å². The number of pyridine rings is 1. The van der Waals surface area contributed by atoms with Gasteiger partial charge in [0.15, 0.2) is 0 Å². The number of nitro groups is 1. The van der Waals surface area contributed by atoms with Crippen LogP contribution in [0, 0.1) is 23.0 Å². The van der Waals surface area contributed by atoms with Crippen molar-refractivity contribution in [3.05, 3.63) is 27.9 Å². The molecule has 20 heavy (non-hydrogen) atoms. The van der Waals surface area contributed by atoms with Gasteiger partial charge in [-0.2, -0.15) is 0 Å². The van der Waals surface area contributed by atoms with E-state index in [0.717, 1.165) is 12.2 Å². The molecule has 0 aliphatic heterocycles. The van der Waals surface area contributed by atoms with Crippen LogP contribution >= 0.6 is 0 Å². The fourth-order valence-electron chi connectivity index (χ4n) is 3.11. The topological polar surface area (TPSA) is 68.1 Å². The standard InChI is InChI=1S/C15H23N3O2/c1-3-13(12-7-5-4-6-8-12)17-15-10-9-14(18(19)20)11(2)16-15/h9-10,12-13H,3-8H2,1-2H3,(H,16,17). The first-order valence-electron chi connectivity index (χ1n) is 7.50. The Kier molecular flexibility index (Phi) is 4.93. The van der Waals surface area contributed by atoms with E-state index in [0.29, 0.717) is 17.7 Å². The van der Waals surface area contributed by atoms with E-state index in [1.54, 1.807) is 13.0 Å². The second kappa shape index (κ2) is 6.68. The van der Waals surface area contributed by atoms with Crippen molar-refractivity contribution in [2.75, 3.05) is 5.32 Å². The number of aromatic nitrogens is 1. The van der Waals surface area contributed by atoms with E-state index in [2.05, 4.69) is 17.2 Å². The predicted octanol–water partition coefficient (Wildman–Crippen LogP) is 4.07. The molecule has 0 radical (unpaired) electrons. The van der Waals surface area contributed by atoms with Crippen LogP contribution in [0.25, 0.3) is 0 Å². The number of aryl methyl sites for hydroxylation is 1. The normalized spacial score (nSPS) is 17.7. The Balaban J connectivity index is 2.07. The number of hydrogen-bond donors (Lipinski definition) is 1. The van der Waals surface area contributed by atoms with Gasteiger partial charge in [0, 0.05) is 12.1 Å². The molecular weight excluding hydrogens is 254 g/mol. The zero-order chi connectivity index (χ0) is 14.5. The van der Waals surface area contributed by atoms with Gasteiger partial charge in [0.05, 0.1) is 4.92 Å². The molecule has 1 unspecified atom stereocenters. The first-order valence-corrected chi connectivity index (χ1v) is 7.50. The van der Waals surface area contributed by atoms with E-state index in [1.165, 1.54) is 38.2 Å². The summed E-state index contributed by atoms with van der Waals surface area (Å²) >= 11 is 0. The summed E-state index contributed by atoms with van der Waals surface area (Å²) in [7, 11) is 0. The Labute approximate surface area is 119 Å². The van der Waals surface area contributed by atoms with E-state index in [9.17, 15) is 10.1 Å². The molecule has 0 aromatic carbocycles. The molecule has 0 bridgehead atoms. The zero-order valence-corrected chi connectivity index (χ0v) is 12.3. The van der Waals surface area contributed by atoms with Crippen molar-refractivity contribution in [2.45, 2.75) is 58.4 Å². The number of anilines is 1. The quantitative estimate of drug-likeness (QED) is 0.650. The van der Waals surface area contributed by atoms with E-state index < -0.39 is 0 Å². The molecule has 1 aliphatic rings. The van der Waals surface area contributed by atoms with Gasteiger partial charge in [0.1, 0.15) is 11.5 Å². The highest BCUT2D eigenvalue weighted by atomic mass is 16.6. The summed E-state index contributed by atoms with van der Waals surface area (Å²) in [5.74, 6) is 1.46. The summed E-state index contributed by atoms with van der Waals surface area (Å²) in [5.41, 5.74) is 0.555. The second-order valence-corrected chi connectivity index (χ2v) is 5.62. The van der Waals surface area contributed by atoms with Crippen molar-refractivity contribution in [1.82, 2.24) is 4.98 Å². The van der Waals surface area contributed by atoms with Gasteiger partial charge in [-0.3, -0.25) is 10.1 Å². The molecule has 0 saturated heterocycles. The lowest BCUT2D eigenvalue weighted by Crippen LogP contribution is -2.30. The Morgan fingerprint density at radius 2 is 2.10 bits per heavy atom. The van der Waals surface area contributed by atoms with Gasteiger partial charge in [-0.15, -0.1) is 0 Å². The van der Waals surface area contributed by atoms with Crippen molar-refractivity contribution in [1.29, 1.82) is 0 Å². The molecule has 1 atom stereocenters. The van der Waals surface area contributed by atoms with E-state index in [-0.39, 0.29) is 10.6 Å². The Bertz CT molecular complexity index is 470. The molecule has 5 nitrogen and oxygen atoms in total. The van der Waals surface area contributed by atoms with E-state index in [4.69, 9.17) is 0 Å². The average Bonchev–Trinajstić information content (AvgIpc) is 2.45. The van der Waals surface area contributed by atoms with Gasteiger partial charge >= 0.3 is 0 Å². The van der Waals surface area contributed by atoms with E-state index >= 15 is 0 Å². The van der Waals surface area contributed by atoms with E-state index in [1.807, 2.05) is 0 Å². The van der Waals surface area contributed by atoms with Gasteiger partial charge in [-0.1, -0.05) is 26.2 Å². The summed E-state index contributed by atoms with van der Waals surface area (Å²) in [6.07, 6.45) is 7.59. The zero-order valence-electron chi connectivity index (χ0n) is 12.3. The largest absolute Gasteiger partial charge is 0.367 e. The third kappa shape index (κ3) is 3.46. The van der Waals surface area contributed by atoms with Crippen LogP contribution in [0.2, 0.25) is 0 Å². The van der Waals surface area contributed by atoms with Crippen LogP contribution in [0.4, 0.5) is 11.5 Å². The van der Waals surface area contributed by atoms with Gasteiger partial charge in [0.2, 0.25) is 0 Å². The maximum atomic E-state index is 10.8. The maximum absolute atomic E-state index is 10.8. The first kappa shape index (κ1) is 14.8. The van der Waals surface area contributed by atoms with Crippen molar-refractivity contribution in [3.63, 3.8) is 0 Å². The molecule has 2 rings (SSSR count). The molecule has 1 heterocycles. The average molecular weight is 277 g/mol. The smallest absolute Gasteiger partial charge is 0.290 e. The summed E-state index contributed by atoms with van der Waals surface area (Å²) in [6, 6.07) is 3.68. The minimum absolute atomic E-state index is 0.0845. The van der Waals surface area contributed by atoms with Crippen LogP contribution in [0.1, 0.15) is 51.1 Å². The summed E-state index contributed by atoms with van der Waals surface area (Å²) in [6.45, 7) is 3.87. The predicted molar refractivity (Wildman–Crippen MR) is 79.9 cm³/mol. The molecule has 1 fully saturated rings. The number of nitrogens with one attached hydrogen (secondary N) is 1. The molecular formula is C15H23N3O2.